The molecule has 0 bridgehead atoms. The summed E-state index contributed by atoms with van der Waals surface area (Å²) in [5, 5.41) is 15.3. The number of ether oxygens (including phenoxy) is 1. The van der Waals surface area contributed by atoms with Crippen LogP contribution in [0.2, 0.25) is 0 Å². The lowest BCUT2D eigenvalue weighted by Crippen LogP contribution is -2.44. The van der Waals surface area contributed by atoms with Gasteiger partial charge in [0.15, 0.2) is 5.96 Å². The van der Waals surface area contributed by atoms with Gasteiger partial charge in [-0.15, -0.1) is 0 Å². The normalized spacial score (nSPS) is 15.8. The van der Waals surface area contributed by atoms with E-state index in [0.29, 0.717) is 17.1 Å². The number of hydrogen-bond acceptors (Lipinski definition) is 4. The lowest BCUT2D eigenvalue weighted by molar-refractivity contribution is 0.0389. The molecule has 0 spiro atoms. The molecule has 1 aliphatic rings. The number of nitriles is 1. The van der Waals surface area contributed by atoms with E-state index >= 15 is 0 Å². The average molecular weight is 333 g/mol. The first kappa shape index (κ1) is 18.2. The van der Waals surface area contributed by atoms with Crippen molar-refractivity contribution in [2.45, 2.75) is 13.5 Å². The van der Waals surface area contributed by atoms with Gasteiger partial charge in [-0.05, 0) is 25.1 Å². The van der Waals surface area contributed by atoms with Gasteiger partial charge in [0.1, 0.15) is 5.82 Å². The molecule has 1 aromatic rings. The van der Waals surface area contributed by atoms with Gasteiger partial charge in [-0.1, -0.05) is 0 Å². The van der Waals surface area contributed by atoms with Crippen molar-refractivity contribution >= 4 is 5.96 Å². The highest BCUT2D eigenvalue weighted by atomic mass is 19.1. The second-order valence-corrected chi connectivity index (χ2v) is 5.49. The largest absolute Gasteiger partial charge is 0.379 e. The first-order valence-corrected chi connectivity index (χ1v) is 8.23. The van der Waals surface area contributed by atoms with Gasteiger partial charge in [0.2, 0.25) is 0 Å². The maximum absolute atomic E-state index is 13.8. The highest BCUT2D eigenvalue weighted by Gasteiger charge is 2.10. The third-order valence-corrected chi connectivity index (χ3v) is 3.75. The maximum atomic E-state index is 13.8. The molecule has 0 amide bonds. The van der Waals surface area contributed by atoms with Crippen molar-refractivity contribution in [3.63, 3.8) is 0 Å². The van der Waals surface area contributed by atoms with E-state index in [-0.39, 0.29) is 12.4 Å². The molecule has 6 nitrogen and oxygen atoms in total. The average Bonchev–Trinajstić information content (AvgIpc) is 2.61. The van der Waals surface area contributed by atoms with Gasteiger partial charge in [-0.2, -0.15) is 5.26 Å². The van der Waals surface area contributed by atoms with Gasteiger partial charge in [0, 0.05) is 38.3 Å². The molecule has 2 N–H and O–H groups in total. The molecule has 2 rings (SSSR count). The van der Waals surface area contributed by atoms with Crippen LogP contribution in [0.5, 0.6) is 0 Å². The zero-order chi connectivity index (χ0) is 17.2. The topological polar surface area (TPSA) is 72.7 Å². The number of nitrogens with zero attached hydrogens (tertiary/aromatic N) is 3. The van der Waals surface area contributed by atoms with Crippen LogP contribution in [0.25, 0.3) is 0 Å². The Bertz CT molecular complexity index is 593. The molecule has 1 aromatic carbocycles. The van der Waals surface area contributed by atoms with Crippen molar-refractivity contribution < 1.29 is 9.13 Å². The summed E-state index contributed by atoms with van der Waals surface area (Å²) in [6, 6.07) is 6.33. The van der Waals surface area contributed by atoms with Crippen LogP contribution in [-0.4, -0.2) is 56.8 Å². The summed E-state index contributed by atoms with van der Waals surface area (Å²) in [5.41, 5.74) is 0.853. The van der Waals surface area contributed by atoms with Crippen LogP contribution < -0.4 is 10.6 Å². The summed E-state index contributed by atoms with van der Waals surface area (Å²) in [4.78, 5) is 6.73. The fraction of sp³-hybridized carbons (Fsp3) is 0.529. The van der Waals surface area contributed by atoms with Gasteiger partial charge < -0.3 is 15.4 Å². The fourth-order valence-corrected chi connectivity index (χ4v) is 2.43. The quantitative estimate of drug-likeness (QED) is 0.602. The second-order valence-electron chi connectivity index (χ2n) is 5.49. The molecule has 1 fully saturated rings. The summed E-state index contributed by atoms with van der Waals surface area (Å²) in [5.74, 6) is 0.300. The summed E-state index contributed by atoms with van der Waals surface area (Å²) < 4.78 is 19.1. The van der Waals surface area contributed by atoms with Gasteiger partial charge in [-0.3, -0.25) is 4.90 Å². The molecule has 1 heterocycles. The lowest BCUT2D eigenvalue weighted by atomic mass is 10.1. The lowest BCUT2D eigenvalue weighted by Gasteiger charge is -2.26. The van der Waals surface area contributed by atoms with E-state index in [9.17, 15) is 4.39 Å². The molecule has 24 heavy (non-hydrogen) atoms. The minimum atomic E-state index is -0.345. The molecule has 0 aliphatic carbocycles. The van der Waals surface area contributed by atoms with Crippen LogP contribution in [-0.2, 0) is 11.3 Å². The third-order valence-electron chi connectivity index (χ3n) is 3.75. The van der Waals surface area contributed by atoms with Crippen LogP contribution in [0, 0.1) is 17.1 Å². The summed E-state index contributed by atoms with van der Waals surface area (Å²) in [6.45, 7) is 8.02. The Morgan fingerprint density at radius 3 is 2.88 bits per heavy atom. The van der Waals surface area contributed by atoms with Crippen molar-refractivity contribution in [3.05, 3.63) is 35.1 Å². The molecule has 0 aromatic heterocycles. The smallest absolute Gasteiger partial charge is 0.191 e. The van der Waals surface area contributed by atoms with Crippen molar-refractivity contribution in [1.82, 2.24) is 15.5 Å². The van der Waals surface area contributed by atoms with Crippen molar-refractivity contribution in [3.8, 4) is 6.07 Å². The molecule has 0 saturated carbocycles. The first-order valence-electron chi connectivity index (χ1n) is 8.23. The fourth-order valence-electron chi connectivity index (χ4n) is 2.43. The number of hydrogen-bond donors (Lipinski definition) is 2. The van der Waals surface area contributed by atoms with Gasteiger partial charge >= 0.3 is 0 Å². The monoisotopic (exact) mass is 333 g/mol. The van der Waals surface area contributed by atoms with E-state index in [1.165, 1.54) is 18.2 Å². The number of rotatable bonds is 6. The van der Waals surface area contributed by atoms with Crippen molar-refractivity contribution in [1.29, 1.82) is 5.26 Å². The Hall–Kier alpha value is -2.17. The minimum Gasteiger partial charge on any atom is -0.379 e. The molecule has 0 radical (unpaired) electrons. The Balaban J connectivity index is 1.89. The summed E-state index contributed by atoms with van der Waals surface area (Å²) in [6.07, 6.45) is 0. The molecule has 7 heteroatoms. The number of aliphatic imine (C=N–C) groups is 1. The van der Waals surface area contributed by atoms with Crippen LogP contribution in [0.1, 0.15) is 18.1 Å². The van der Waals surface area contributed by atoms with Gasteiger partial charge in [0.05, 0.1) is 31.4 Å². The van der Waals surface area contributed by atoms with Gasteiger partial charge in [-0.25, -0.2) is 9.38 Å². The van der Waals surface area contributed by atoms with E-state index in [0.717, 1.165) is 45.9 Å². The number of guanidine groups is 1. The van der Waals surface area contributed by atoms with E-state index < -0.39 is 0 Å². The number of nitrogens with one attached hydrogen (secondary N) is 2. The van der Waals surface area contributed by atoms with Crippen LogP contribution >= 0.6 is 0 Å². The Morgan fingerprint density at radius 2 is 2.17 bits per heavy atom. The summed E-state index contributed by atoms with van der Waals surface area (Å²) in [7, 11) is 0. The molecular formula is C17H24FN5O. The molecule has 0 unspecified atom stereocenters. The Labute approximate surface area is 142 Å². The second kappa shape index (κ2) is 9.85. The molecule has 130 valence electrons. The minimum absolute atomic E-state index is 0.189. The maximum Gasteiger partial charge on any atom is 0.191 e. The zero-order valence-corrected chi connectivity index (χ0v) is 14.0. The van der Waals surface area contributed by atoms with E-state index in [2.05, 4.69) is 20.5 Å². The van der Waals surface area contributed by atoms with E-state index in [1.807, 2.05) is 13.0 Å². The third kappa shape index (κ3) is 5.80. The van der Waals surface area contributed by atoms with Crippen LogP contribution in [0.4, 0.5) is 4.39 Å². The molecule has 1 saturated heterocycles. The predicted molar refractivity (Wildman–Crippen MR) is 91.2 cm³/mol. The standard InChI is InChI=1S/C17H24FN5O/c1-2-20-17(21-5-6-23-7-9-24-10-8-23)22-13-15-11-14(12-19)3-4-16(15)18/h3-4,11H,2,5-10,13H2,1H3,(H2,20,21,22). The predicted octanol–water partition coefficient (Wildman–Crippen LogP) is 1.08. The Morgan fingerprint density at radius 1 is 1.38 bits per heavy atom. The molecule has 0 atom stereocenters. The van der Waals surface area contributed by atoms with Crippen molar-refractivity contribution in [2.24, 2.45) is 4.99 Å². The zero-order valence-electron chi connectivity index (χ0n) is 14.0. The number of benzene rings is 1. The van der Waals surface area contributed by atoms with E-state index in [1.54, 1.807) is 0 Å². The molecular weight excluding hydrogens is 309 g/mol. The highest BCUT2D eigenvalue weighted by Crippen LogP contribution is 2.11. The first-order chi connectivity index (χ1) is 11.7. The molecule has 1 aliphatic heterocycles. The SMILES string of the molecule is CCNC(=NCc1cc(C#N)ccc1F)NCCN1CCOCC1. The van der Waals surface area contributed by atoms with Crippen LogP contribution in [0.3, 0.4) is 0 Å². The summed E-state index contributed by atoms with van der Waals surface area (Å²) >= 11 is 0. The van der Waals surface area contributed by atoms with Crippen LogP contribution in [0.15, 0.2) is 23.2 Å². The Kier molecular flexibility index (Phi) is 7.46. The van der Waals surface area contributed by atoms with E-state index in [4.69, 9.17) is 10.00 Å². The highest BCUT2D eigenvalue weighted by molar-refractivity contribution is 5.79. The number of halogens is 1. The van der Waals surface area contributed by atoms with Gasteiger partial charge in [0.25, 0.3) is 0 Å². The van der Waals surface area contributed by atoms with Crippen molar-refractivity contribution in [2.75, 3.05) is 45.9 Å². The number of morpholine rings is 1.